The van der Waals surface area contributed by atoms with Crippen LogP contribution in [0.5, 0.6) is 0 Å². The summed E-state index contributed by atoms with van der Waals surface area (Å²) in [4.78, 5) is 16.8. The zero-order chi connectivity index (χ0) is 18.7. The molecule has 7 heteroatoms. The fourth-order valence-electron chi connectivity index (χ4n) is 3.82. The Bertz CT molecular complexity index is 719. The molecule has 1 aliphatic heterocycles. The smallest absolute Gasteiger partial charge is 0.243 e. The van der Waals surface area contributed by atoms with Crippen LogP contribution in [0.1, 0.15) is 31.2 Å². The van der Waals surface area contributed by atoms with E-state index in [0.717, 1.165) is 5.56 Å². The molecule has 0 N–H and O–H groups in total. The first-order valence-electron chi connectivity index (χ1n) is 9.43. The van der Waals surface area contributed by atoms with Gasteiger partial charge >= 0.3 is 0 Å². The molecule has 1 aliphatic carbocycles. The number of hydrogen-bond acceptors (Lipinski definition) is 4. The Morgan fingerprint density at radius 1 is 1.08 bits per heavy atom. The van der Waals surface area contributed by atoms with Crippen LogP contribution in [0, 0.1) is 6.92 Å². The first kappa shape index (κ1) is 19.3. The molecular weight excluding hydrogens is 350 g/mol. The number of hydrogen-bond donors (Lipinski definition) is 0. The highest BCUT2D eigenvalue weighted by molar-refractivity contribution is 7.89. The maximum absolute atomic E-state index is 12.7. The van der Waals surface area contributed by atoms with Crippen LogP contribution in [0.15, 0.2) is 29.2 Å². The van der Waals surface area contributed by atoms with E-state index in [2.05, 4.69) is 4.90 Å². The molecule has 0 spiro atoms. The van der Waals surface area contributed by atoms with Crippen molar-refractivity contribution in [2.45, 2.75) is 43.5 Å². The number of carbonyl (C=O) groups is 1. The zero-order valence-electron chi connectivity index (χ0n) is 15.7. The minimum Gasteiger partial charge on any atom is -0.339 e. The number of rotatable bonds is 5. The largest absolute Gasteiger partial charge is 0.339 e. The molecule has 2 aliphatic rings. The van der Waals surface area contributed by atoms with E-state index in [4.69, 9.17) is 0 Å². The van der Waals surface area contributed by atoms with Crippen LogP contribution in [-0.2, 0) is 14.8 Å². The number of aryl methyl sites for hydroxylation is 1. The van der Waals surface area contributed by atoms with Crippen LogP contribution >= 0.6 is 0 Å². The minimum absolute atomic E-state index is 0.104. The number of nitrogens with zero attached hydrogens (tertiary/aromatic N) is 3. The Labute approximate surface area is 156 Å². The Kier molecular flexibility index (Phi) is 5.99. The molecule has 26 heavy (non-hydrogen) atoms. The number of benzene rings is 1. The van der Waals surface area contributed by atoms with Crippen molar-refractivity contribution >= 4 is 15.9 Å². The van der Waals surface area contributed by atoms with E-state index in [1.54, 1.807) is 17.0 Å². The average Bonchev–Trinajstić information content (AvgIpc) is 3.17. The topological polar surface area (TPSA) is 60.9 Å². The molecule has 0 unspecified atom stereocenters. The first-order chi connectivity index (χ1) is 12.4. The summed E-state index contributed by atoms with van der Waals surface area (Å²) < 4.78 is 27.0. The van der Waals surface area contributed by atoms with Gasteiger partial charge in [-0.05, 0) is 38.9 Å². The van der Waals surface area contributed by atoms with E-state index in [1.807, 2.05) is 26.1 Å². The van der Waals surface area contributed by atoms with Crippen molar-refractivity contribution in [1.29, 1.82) is 0 Å². The molecule has 1 aromatic carbocycles. The summed E-state index contributed by atoms with van der Waals surface area (Å²) in [7, 11) is -1.46. The Morgan fingerprint density at radius 2 is 1.65 bits per heavy atom. The normalized spacial score (nSPS) is 20.0. The molecule has 6 nitrogen and oxygen atoms in total. The third-order valence-corrected chi connectivity index (χ3v) is 7.50. The number of sulfonamides is 1. The van der Waals surface area contributed by atoms with Gasteiger partial charge in [-0.3, -0.25) is 9.69 Å². The molecule has 2 fully saturated rings. The summed E-state index contributed by atoms with van der Waals surface area (Å²) in [6, 6.07) is 7.44. The Hall–Kier alpha value is -1.44. The van der Waals surface area contributed by atoms with Crippen LogP contribution in [0.2, 0.25) is 0 Å². The summed E-state index contributed by atoms with van der Waals surface area (Å²) in [5, 5.41) is 0. The number of likely N-dealkylation sites (N-methyl/N-ethyl adjacent to an activating group) is 1. The quantitative estimate of drug-likeness (QED) is 0.781. The molecule has 1 amide bonds. The Balaban J connectivity index is 1.54. The maximum Gasteiger partial charge on any atom is 0.243 e. The SMILES string of the molecule is Cc1ccc(S(=O)(=O)N2CCN(C(=O)CN(C)C3CCCC3)CC2)cc1. The third-order valence-electron chi connectivity index (χ3n) is 5.58. The lowest BCUT2D eigenvalue weighted by Gasteiger charge is -2.35. The highest BCUT2D eigenvalue weighted by Gasteiger charge is 2.31. The second kappa shape index (κ2) is 8.06. The summed E-state index contributed by atoms with van der Waals surface area (Å²) in [6.07, 6.45) is 4.84. The van der Waals surface area contributed by atoms with Gasteiger partial charge in [-0.15, -0.1) is 0 Å². The molecule has 144 valence electrons. The van der Waals surface area contributed by atoms with Crippen LogP contribution in [0.3, 0.4) is 0 Å². The van der Waals surface area contributed by atoms with Crippen molar-refractivity contribution in [3.8, 4) is 0 Å². The predicted octanol–water partition coefficient (Wildman–Crippen LogP) is 1.70. The van der Waals surface area contributed by atoms with Crippen LogP contribution < -0.4 is 0 Å². The Morgan fingerprint density at radius 3 is 2.23 bits per heavy atom. The van der Waals surface area contributed by atoms with E-state index < -0.39 is 10.0 Å². The van der Waals surface area contributed by atoms with Crippen LogP contribution in [0.25, 0.3) is 0 Å². The van der Waals surface area contributed by atoms with Crippen LogP contribution in [-0.4, -0.2) is 74.2 Å². The van der Waals surface area contributed by atoms with Crippen LogP contribution in [0.4, 0.5) is 0 Å². The lowest BCUT2D eigenvalue weighted by Crippen LogP contribution is -2.52. The maximum atomic E-state index is 12.7. The molecule has 0 radical (unpaired) electrons. The van der Waals surface area contributed by atoms with Crippen molar-refractivity contribution in [3.05, 3.63) is 29.8 Å². The van der Waals surface area contributed by atoms with E-state index in [1.165, 1.54) is 30.0 Å². The van der Waals surface area contributed by atoms with Crippen molar-refractivity contribution in [1.82, 2.24) is 14.1 Å². The second-order valence-electron chi connectivity index (χ2n) is 7.45. The number of carbonyl (C=O) groups excluding carboxylic acids is 1. The van der Waals surface area contributed by atoms with Crippen molar-refractivity contribution in [3.63, 3.8) is 0 Å². The lowest BCUT2D eigenvalue weighted by atomic mass is 10.2. The summed E-state index contributed by atoms with van der Waals surface area (Å²) in [5.41, 5.74) is 1.03. The zero-order valence-corrected chi connectivity index (χ0v) is 16.5. The molecule has 3 rings (SSSR count). The van der Waals surface area contributed by atoms with Crippen molar-refractivity contribution in [2.24, 2.45) is 0 Å². The van der Waals surface area contributed by atoms with Gasteiger partial charge in [0.2, 0.25) is 15.9 Å². The third kappa shape index (κ3) is 4.27. The minimum atomic E-state index is -3.48. The van der Waals surface area contributed by atoms with Gasteiger partial charge < -0.3 is 4.90 Å². The van der Waals surface area contributed by atoms with E-state index in [0.29, 0.717) is 43.7 Å². The predicted molar refractivity (Wildman–Crippen MR) is 101 cm³/mol. The van der Waals surface area contributed by atoms with E-state index in [9.17, 15) is 13.2 Å². The molecule has 0 atom stereocenters. The van der Waals surface area contributed by atoms with Gasteiger partial charge in [0, 0.05) is 32.2 Å². The summed E-state index contributed by atoms with van der Waals surface area (Å²) in [5.74, 6) is 0.104. The molecular formula is C19H29N3O3S. The molecule has 1 saturated carbocycles. The van der Waals surface area contributed by atoms with Gasteiger partial charge in [0.15, 0.2) is 0 Å². The fraction of sp³-hybridized carbons (Fsp3) is 0.632. The monoisotopic (exact) mass is 379 g/mol. The number of piperazine rings is 1. The van der Waals surface area contributed by atoms with E-state index >= 15 is 0 Å². The van der Waals surface area contributed by atoms with Gasteiger partial charge in [0.25, 0.3) is 0 Å². The molecule has 0 bridgehead atoms. The molecule has 1 saturated heterocycles. The summed E-state index contributed by atoms with van der Waals surface area (Å²) in [6.45, 7) is 3.99. The lowest BCUT2D eigenvalue weighted by molar-refractivity contribution is -0.133. The van der Waals surface area contributed by atoms with Crippen molar-refractivity contribution < 1.29 is 13.2 Å². The first-order valence-corrected chi connectivity index (χ1v) is 10.9. The number of amides is 1. The highest BCUT2D eigenvalue weighted by Crippen LogP contribution is 2.22. The van der Waals surface area contributed by atoms with Gasteiger partial charge in [-0.25, -0.2) is 8.42 Å². The van der Waals surface area contributed by atoms with Crippen molar-refractivity contribution in [2.75, 3.05) is 39.8 Å². The standard InChI is InChI=1S/C19H29N3O3S/c1-16-7-9-18(10-8-16)26(24,25)22-13-11-21(12-14-22)19(23)15-20(2)17-5-3-4-6-17/h7-10,17H,3-6,11-15H2,1-2H3. The van der Waals surface area contributed by atoms with Gasteiger partial charge in [0.05, 0.1) is 11.4 Å². The van der Waals surface area contributed by atoms with Gasteiger partial charge in [0.1, 0.15) is 0 Å². The summed E-state index contributed by atoms with van der Waals surface area (Å²) >= 11 is 0. The second-order valence-corrected chi connectivity index (χ2v) is 9.39. The van der Waals surface area contributed by atoms with Gasteiger partial charge in [-0.2, -0.15) is 4.31 Å². The molecule has 0 aromatic heterocycles. The average molecular weight is 380 g/mol. The highest BCUT2D eigenvalue weighted by atomic mass is 32.2. The molecule has 1 heterocycles. The van der Waals surface area contributed by atoms with Gasteiger partial charge in [-0.1, -0.05) is 30.5 Å². The fourth-order valence-corrected chi connectivity index (χ4v) is 5.25. The van der Waals surface area contributed by atoms with E-state index in [-0.39, 0.29) is 5.91 Å². The molecule has 1 aromatic rings.